The second kappa shape index (κ2) is 5.05. The van der Waals surface area contributed by atoms with Crippen LogP contribution in [0.25, 0.3) is 22.5 Å². The van der Waals surface area contributed by atoms with E-state index < -0.39 is 5.82 Å². The van der Waals surface area contributed by atoms with Gasteiger partial charge in [-0.1, -0.05) is 17.3 Å². The summed E-state index contributed by atoms with van der Waals surface area (Å²) in [6.07, 6.45) is 1.63. The van der Waals surface area contributed by atoms with Gasteiger partial charge in [0, 0.05) is 11.8 Å². The fraction of sp³-hybridized carbons (Fsp3) is 0. The molecular formula is C14H9BrFN3O. The van der Waals surface area contributed by atoms with E-state index in [1.54, 1.807) is 36.5 Å². The molecule has 2 aromatic heterocycles. The van der Waals surface area contributed by atoms with Crippen LogP contribution in [0, 0.1) is 5.82 Å². The second-order valence-electron chi connectivity index (χ2n) is 4.09. The lowest BCUT2D eigenvalue weighted by atomic mass is 10.0. The number of hydrogen-bond acceptors (Lipinski definition) is 4. The highest BCUT2D eigenvalue weighted by Gasteiger charge is 2.21. The molecule has 0 aliphatic rings. The van der Waals surface area contributed by atoms with Gasteiger partial charge in [-0.3, -0.25) is 4.98 Å². The summed E-state index contributed by atoms with van der Waals surface area (Å²) in [5.41, 5.74) is 7.51. The van der Waals surface area contributed by atoms with Crippen molar-refractivity contribution < 1.29 is 8.91 Å². The van der Waals surface area contributed by atoms with E-state index in [2.05, 4.69) is 26.1 Å². The summed E-state index contributed by atoms with van der Waals surface area (Å²) in [5, 5.41) is 3.86. The fourth-order valence-corrected chi connectivity index (χ4v) is 2.30. The van der Waals surface area contributed by atoms with E-state index in [0.717, 1.165) is 0 Å². The smallest absolute Gasteiger partial charge is 0.232 e. The van der Waals surface area contributed by atoms with Crippen molar-refractivity contribution >= 4 is 21.8 Å². The van der Waals surface area contributed by atoms with Gasteiger partial charge in [0.25, 0.3) is 0 Å². The molecule has 20 heavy (non-hydrogen) atoms. The number of benzene rings is 1. The molecule has 0 atom stereocenters. The maximum atomic E-state index is 14.2. The van der Waals surface area contributed by atoms with Crippen LogP contribution in [0.1, 0.15) is 0 Å². The highest BCUT2D eigenvalue weighted by atomic mass is 79.9. The number of pyridine rings is 1. The molecule has 0 aliphatic heterocycles. The van der Waals surface area contributed by atoms with Gasteiger partial charge in [0.05, 0.1) is 15.7 Å². The van der Waals surface area contributed by atoms with Crippen LogP contribution in [-0.4, -0.2) is 10.1 Å². The number of anilines is 1. The molecule has 0 bridgehead atoms. The van der Waals surface area contributed by atoms with Gasteiger partial charge in [0.1, 0.15) is 11.5 Å². The van der Waals surface area contributed by atoms with Crippen molar-refractivity contribution in [1.29, 1.82) is 0 Å². The Balaban J connectivity index is 2.24. The van der Waals surface area contributed by atoms with Gasteiger partial charge in [0.2, 0.25) is 5.88 Å². The number of rotatable bonds is 2. The molecule has 0 spiro atoms. The highest BCUT2D eigenvalue weighted by molar-refractivity contribution is 9.10. The van der Waals surface area contributed by atoms with Gasteiger partial charge in [-0.05, 0) is 40.2 Å². The molecule has 6 heteroatoms. The second-order valence-corrected chi connectivity index (χ2v) is 4.94. The summed E-state index contributed by atoms with van der Waals surface area (Å²) in [7, 11) is 0. The SMILES string of the molecule is Nc1onc(-c2cccc(Br)c2F)c1-c1ccccn1. The molecule has 2 N–H and O–H groups in total. The summed E-state index contributed by atoms with van der Waals surface area (Å²) in [6.45, 7) is 0. The van der Waals surface area contributed by atoms with E-state index in [1.807, 2.05) is 6.07 Å². The summed E-state index contributed by atoms with van der Waals surface area (Å²) in [6, 6.07) is 10.3. The predicted octanol–water partition coefficient (Wildman–Crippen LogP) is 3.89. The van der Waals surface area contributed by atoms with Crippen molar-refractivity contribution in [2.75, 3.05) is 5.73 Å². The van der Waals surface area contributed by atoms with Crippen molar-refractivity contribution in [3.63, 3.8) is 0 Å². The van der Waals surface area contributed by atoms with E-state index >= 15 is 0 Å². The van der Waals surface area contributed by atoms with Crippen molar-refractivity contribution in [2.45, 2.75) is 0 Å². The molecule has 0 saturated carbocycles. The van der Waals surface area contributed by atoms with Crippen LogP contribution >= 0.6 is 15.9 Å². The third kappa shape index (κ3) is 2.08. The molecular weight excluding hydrogens is 325 g/mol. The molecule has 0 fully saturated rings. The lowest BCUT2D eigenvalue weighted by molar-refractivity contribution is 0.439. The molecule has 0 aliphatic carbocycles. The van der Waals surface area contributed by atoms with Gasteiger partial charge < -0.3 is 10.3 Å². The lowest BCUT2D eigenvalue weighted by Crippen LogP contribution is -1.92. The first kappa shape index (κ1) is 12.8. The average Bonchev–Trinajstić information content (AvgIpc) is 2.84. The first-order valence-corrected chi connectivity index (χ1v) is 6.58. The maximum absolute atomic E-state index is 14.2. The number of nitrogens with zero attached hydrogens (tertiary/aromatic N) is 2. The standard InChI is InChI=1S/C14H9BrFN3O/c15-9-5-3-4-8(12(9)16)13-11(14(17)20-19-13)10-6-1-2-7-18-10/h1-7H,17H2. The average molecular weight is 334 g/mol. The molecule has 0 unspecified atom stereocenters. The molecule has 3 rings (SSSR count). The zero-order valence-corrected chi connectivity index (χ0v) is 11.8. The number of hydrogen-bond donors (Lipinski definition) is 1. The quantitative estimate of drug-likeness (QED) is 0.772. The minimum atomic E-state index is -0.419. The van der Waals surface area contributed by atoms with E-state index in [9.17, 15) is 4.39 Å². The Bertz CT molecular complexity index is 758. The minimum Gasteiger partial charge on any atom is -0.367 e. The van der Waals surface area contributed by atoms with Gasteiger partial charge in [0.15, 0.2) is 0 Å². The molecule has 3 aromatic rings. The summed E-state index contributed by atoms with van der Waals surface area (Å²) in [5.74, 6) is -0.309. The van der Waals surface area contributed by atoms with Crippen LogP contribution in [0.5, 0.6) is 0 Å². The van der Waals surface area contributed by atoms with Crippen LogP contribution in [0.2, 0.25) is 0 Å². The van der Waals surface area contributed by atoms with E-state index in [0.29, 0.717) is 27.0 Å². The Morgan fingerprint density at radius 2 is 2.00 bits per heavy atom. The van der Waals surface area contributed by atoms with Crippen LogP contribution < -0.4 is 5.73 Å². The minimum absolute atomic E-state index is 0.109. The third-order valence-electron chi connectivity index (χ3n) is 2.85. The van der Waals surface area contributed by atoms with Gasteiger partial charge in [-0.15, -0.1) is 0 Å². The summed E-state index contributed by atoms with van der Waals surface area (Å²) >= 11 is 3.15. The number of nitrogens with two attached hydrogens (primary N) is 1. The zero-order chi connectivity index (χ0) is 14.1. The fourth-order valence-electron chi connectivity index (χ4n) is 1.93. The Labute approximate surface area is 122 Å². The van der Waals surface area contributed by atoms with Gasteiger partial charge in [-0.2, -0.15) is 0 Å². The number of halogens is 2. The Hall–Kier alpha value is -2.21. The number of nitrogen functional groups attached to an aromatic ring is 1. The first-order chi connectivity index (χ1) is 9.68. The van der Waals surface area contributed by atoms with Gasteiger partial charge in [-0.25, -0.2) is 4.39 Å². The zero-order valence-electron chi connectivity index (χ0n) is 10.2. The lowest BCUT2D eigenvalue weighted by Gasteiger charge is -2.04. The normalized spacial score (nSPS) is 10.7. The summed E-state index contributed by atoms with van der Waals surface area (Å²) in [4.78, 5) is 4.21. The molecule has 100 valence electrons. The Morgan fingerprint density at radius 3 is 2.75 bits per heavy atom. The number of aromatic nitrogens is 2. The van der Waals surface area contributed by atoms with Crippen LogP contribution in [-0.2, 0) is 0 Å². The molecule has 4 nitrogen and oxygen atoms in total. The largest absolute Gasteiger partial charge is 0.367 e. The van der Waals surface area contributed by atoms with E-state index in [4.69, 9.17) is 10.3 Å². The van der Waals surface area contributed by atoms with E-state index in [-0.39, 0.29) is 5.88 Å². The molecule has 1 aromatic carbocycles. The van der Waals surface area contributed by atoms with Crippen molar-refractivity contribution in [3.05, 3.63) is 52.9 Å². The molecule has 2 heterocycles. The first-order valence-electron chi connectivity index (χ1n) is 5.79. The third-order valence-corrected chi connectivity index (χ3v) is 3.46. The molecule has 0 radical (unpaired) electrons. The highest BCUT2D eigenvalue weighted by Crippen LogP contribution is 2.37. The molecule has 0 saturated heterocycles. The van der Waals surface area contributed by atoms with Crippen LogP contribution in [0.4, 0.5) is 10.3 Å². The summed E-state index contributed by atoms with van der Waals surface area (Å²) < 4.78 is 19.6. The van der Waals surface area contributed by atoms with Gasteiger partial charge >= 0.3 is 0 Å². The van der Waals surface area contributed by atoms with Crippen LogP contribution in [0.3, 0.4) is 0 Å². The topological polar surface area (TPSA) is 64.9 Å². The van der Waals surface area contributed by atoms with Crippen LogP contribution in [0.15, 0.2) is 51.6 Å². The molecule has 0 amide bonds. The predicted molar refractivity (Wildman–Crippen MR) is 77.2 cm³/mol. The van der Waals surface area contributed by atoms with Crippen molar-refractivity contribution in [1.82, 2.24) is 10.1 Å². The maximum Gasteiger partial charge on any atom is 0.232 e. The Kier molecular flexibility index (Phi) is 3.23. The Morgan fingerprint density at radius 1 is 1.15 bits per heavy atom. The van der Waals surface area contributed by atoms with E-state index in [1.165, 1.54) is 0 Å². The van der Waals surface area contributed by atoms with Crippen molar-refractivity contribution in [3.8, 4) is 22.5 Å². The van der Waals surface area contributed by atoms with Crippen molar-refractivity contribution in [2.24, 2.45) is 0 Å². The monoisotopic (exact) mass is 333 g/mol.